The predicted octanol–water partition coefficient (Wildman–Crippen LogP) is 17.6. The second-order valence-corrected chi connectivity index (χ2v) is 20.9. The van der Waals surface area contributed by atoms with Crippen molar-refractivity contribution in [3.63, 3.8) is 0 Å². The number of carbonyl (C=O) groups excluding carboxylic acids is 2. The molecule has 76 heavy (non-hydrogen) atoms. The van der Waals surface area contributed by atoms with Gasteiger partial charge in [0.15, 0.2) is 6.10 Å². The van der Waals surface area contributed by atoms with E-state index in [0.29, 0.717) is 23.9 Å². The highest BCUT2D eigenvalue weighted by Crippen LogP contribution is 2.38. The first kappa shape index (κ1) is 71.4. The minimum atomic E-state index is -4.66. The molecule has 0 saturated heterocycles. The topological polar surface area (TPSA) is 111 Å². The number of esters is 2. The van der Waals surface area contributed by atoms with E-state index in [1.165, 1.54) is 0 Å². The highest BCUT2D eigenvalue weighted by atomic mass is 31.2. The lowest BCUT2D eigenvalue weighted by atomic mass is 10.1. The monoisotopic (exact) mass is 1070 g/mol. The van der Waals surface area contributed by atoms with Gasteiger partial charge in [-0.05, 0) is 128 Å². The van der Waals surface area contributed by atoms with E-state index in [0.717, 1.165) is 141 Å². The molecule has 0 saturated carbocycles. The van der Waals surface area contributed by atoms with E-state index in [1.54, 1.807) is 0 Å². The Bertz CT molecular complexity index is 1880. The van der Waals surface area contributed by atoms with Crippen molar-refractivity contribution in [2.45, 2.75) is 187 Å². The van der Waals surface area contributed by atoms with Crippen LogP contribution in [0.15, 0.2) is 170 Å². The Kier molecular flexibility index (Phi) is 51.8. The predicted molar refractivity (Wildman–Crippen MR) is 323 cm³/mol. The maximum absolute atomic E-state index is 12.8. The summed E-state index contributed by atoms with van der Waals surface area (Å²) in [5.41, 5.74) is 0. The molecule has 0 aliphatic heterocycles. The van der Waals surface area contributed by atoms with Gasteiger partial charge in [-0.15, -0.1) is 0 Å². The van der Waals surface area contributed by atoms with Gasteiger partial charge in [-0.25, -0.2) is 0 Å². The molecule has 0 radical (unpaired) electrons. The van der Waals surface area contributed by atoms with Crippen molar-refractivity contribution in [2.75, 3.05) is 47.5 Å². The quantitative estimate of drug-likeness (QED) is 0.0195. The standard InChI is InChI=1S/C66H104NO8P/c1-6-8-10-12-14-16-18-20-22-23-24-25-26-27-28-29-30-31-32-33-34-35-36-37-38-39-40-41-42-43-45-47-49-51-53-55-57-59-66(69)75-64(63-74-76(70,71)73-61-60-67(3,4)5)62-72-65(68)58-56-54-52-50-48-46-44-21-19-17-15-13-11-9-7-2/h8-11,14-17,20-22,24-25,27-28,30-31,33-34,36-37,39-40,42-44,48,50,64H,6-7,12-13,18-19,23,26,29,32,35,38,41,45-47,49,51-63H2,1-5H3/b10-8-,11-9-,16-14-,17-15-,22-20-,25-24-,28-27-,31-30-,34-33-,37-36-,40-39-,43-42-,44-21-,50-48-. The average Bonchev–Trinajstić information content (AvgIpc) is 3.38. The molecule has 2 unspecified atom stereocenters. The van der Waals surface area contributed by atoms with Gasteiger partial charge < -0.3 is 27.9 Å². The van der Waals surface area contributed by atoms with Crippen molar-refractivity contribution >= 4 is 19.8 Å². The number of unbranched alkanes of at least 4 members (excludes halogenated alkanes) is 8. The van der Waals surface area contributed by atoms with E-state index in [4.69, 9.17) is 18.5 Å². The molecule has 0 spiro atoms. The SMILES string of the molecule is CC/C=C\C/C=C\C/C=C\C/C=C\C/C=C\C/C=C\C/C=C\C/C=C\C/C=C\C/C=C\CCCCCCCCC(=O)OC(COC(=O)CCCC/C=C\C/C=C\C/C=C\C/C=C\CC)COP(=O)([O-])OCC[N+](C)(C)C. The number of rotatable bonds is 50. The van der Waals surface area contributed by atoms with Gasteiger partial charge in [0.2, 0.25) is 0 Å². The van der Waals surface area contributed by atoms with Crippen LogP contribution in [0.1, 0.15) is 181 Å². The van der Waals surface area contributed by atoms with Crippen molar-refractivity contribution < 1.29 is 42.1 Å². The zero-order valence-electron chi connectivity index (χ0n) is 48.1. The number of hydrogen-bond donors (Lipinski definition) is 0. The van der Waals surface area contributed by atoms with Crippen molar-refractivity contribution in [1.29, 1.82) is 0 Å². The first-order valence-electron chi connectivity index (χ1n) is 28.8. The van der Waals surface area contributed by atoms with E-state index >= 15 is 0 Å². The normalized spacial score (nSPS) is 14.6. The third kappa shape index (κ3) is 58.6. The smallest absolute Gasteiger partial charge is 0.306 e. The maximum atomic E-state index is 12.8. The number of phosphoric ester groups is 1. The van der Waals surface area contributed by atoms with Crippen LogP contribution in [0.25, 0.3) is 0 Å². The second kappa shape index (κ2) is 55.1. The second-order valence-electron chi connectivity index (χ2n) is 19.5. The van der Waals surface area contributed by atoms with Crippen LogP contribution in [0.2, 0.25) is 0 Å². The number of phosphoric acid groups is 1. The van der Waals surface area contributed by atoms with Crippen LogP contribution in [0.5, 0.6) is 0 Å². The number of carbonyl (C=O) groups is 2. The van der Waals surface area contributed by atoms with Crippen LogP contribution in [0.3, 0.4) is 0 Å². The summed E-state index contributed by atoms with van der Waals surface area (Å²) in [7, 11) is 1.10. The van der Waals surface area contributed by atoms with Crippen LogP contribution in [-0.2, 0) is 32.7 Å². The van der Waals surface area contributed by atoms with Crippen LogP contribution < -0.4 is 4.89 Å². The summed E-state index contributed by atoms with van der Waals surface area (Å²) in [6, 6.07) is 0. The molecule has 0 rings (SSSR count). The first-order valence-corrected chi connectivity index (χ1v) is 30.3. The van der Waals surface area contributed by atoms with Crippen molar-refractivity contribution in [3.8, 4) is 0 Å². The van der Waals surface area contributed by atoms with E-state index < -0.39 is 32.5 Å². The molecule has 10 heteroatoms. The summed E-state index contributed by atoms with van der Waals surface area (Å²) >= 11 is 0. The summed E-state index contributed by atoms with van der Waals surface area (Å²) in [6.07, 6.45) is 84.1. The van der Waals surface area contributed by atoms with Crippen molar-refractivity contribution in [3.05, 3.63) is 170 Å². The van der Waals surface area contributed by atoms with Gasteiger partial charge in [0, 0.05) is 12.8 Å². The van der Waals surface area contributed by atoms with E-state index in [2.05, 4.69) is 184 Å². The lowest BCUT2D eigenvalue weighted by Gasteiger charge is -2.28. The third-order valence-corrected chi connectivity index (χ3v) is 12.2. The largest absolute Gasteiger partial charge is 0.756 e. The summed E-state index contributed by atoms with van der Waals surface area (Å²) < 4.78 is 34.0. The Balaban J connectivity index is 4.24. The Morgan fingerprint density at radius 3 is 1.08 bits per heavy atom. The highest BCUT2D eigenvalue weighted by molar-refractivity contribution is 7.45. The van der Waals surface area contributed by atoms with Gasteiger partial charge in [-0.2, -0.15) is 0 Å². The molecule has 9 nitrogen and oxygen atoms in total. The summed E-state index contributed by atoms with van der Waals surface area (Å²) in [6.45, 7) is 3.90. The van der Waals surface area contributed by atoms with Gasteiger partial charge >= 0.3 is 11.9 Å². The Hall–Kier alpha value is -4.63. The molecule has 0 N–H and O–H groups in total. The van der Waals surface area contributed by atoms with Crippen LogP contribution in [0, 0.1) is 0 Å². The molecular formula is C66H104NO8P. The molecule has 0 aliphatic rings. The fourth-order valence-electron chi connectivity index (χ4n) is 6.85. The molecule has 0 aromatic carbocycles. The number of nitrogens with zero attached hydrogens (tertiary/aromatic N) is 1. The zero-order chi connectivity index (χ0) is 55.6. The molecule has 0 bridgehead atoms. The summed E-state index contributed by atoms with van der Waals surface area (Å²) in [5, 5.41) is 0. The third-order valence-electron chi connectivity index (χ3n) is 11.2. The molecule has 0 fully saturated rings. The molecular weight excluding hydrogens is 966 g/mol. The number of hydrogen-bond acceptors (Lipinski definition) is 8. The van der Waals surface area contributed by atoms with Gasteiger partial charge in [-0.3, -0.25) is 14.2 Å². The highest BCUT2D eigenvalue weighted by Gasteiger charge is 2.21. The molecule has 0 aromatic rings. The number of likely N-dealkylation sites (N-methyl/N-ethyl adjacent to an activating group) is 1. The fourth-order valence-corrected chi connectivity index (χ4v) is 7.58. The Labute approximate surface area is 464 Å². The molecule has 426 valence electrons. The minimum absolute atomic E-state index is 0.0508. The number of quaternary nitrogens is 1. The van der Waals surface area contributed by atoms with Gasteiger partial charge in [0.25, 0.3) is 7.82 Å². The average molecular weight is 1070 g/mol. The van der Waals surface area contributed by atoms with Crippen LogP contribution in [-0.4, -0.2) is 70.0 Å². The van der Waals surface area contributed by atoms with Gasteiger partial charge in [0.05, 0.1) is 27.7 Å². The summed E-state index contributed by atoms with van der Waals surface area (Å²) in [5.74, 6) is -0.917. The lowest BCUT2D eigenvalue weighted by molar-refractivity contribution is -0.870. The molecule has 2 atom stereocenters. The van der Waals surface area contributed by atoms with Crippen LogP contribution in [0.4, 0.5) is 0 Å². The van der Waals surface area contributed by atoms with Gasteiger partial charge in [-0.1, -0.05) is 210 Å². The van der Waals surface area contributed by atoms with E-state index in [-0.39, 0.29) is 26.1 Å². The zero-order valence-corrected chi connectivity index (χ0v) is 49.0. The lowest BCUT2D eigenvalue weighted by Crippen LogP contribution is -2.37. The Morgan fingerprint density at radius 1 is 0.408 bits per heavy atom. The van der Waals surface area contributed by atoms with Crippen molar-refractivity contribution in [1.82, 2.24) is 0 Å². The number of ether oxygens (including phenoxy) is 2. The van der Waals surface area contributed by atoms with E-state index in [9.17, 15) is 19.0 Å². The molecule has 0 aromatic heterocycles. The van der Waals surface area contributed by atoms with Crippen molar-refractivity contribution in [2.24, 2.45) is 0 Å². The fraction of sp³-hybridized carbons (Fsp3) is 0.545. The minimum Gasteiger partial charge on any atom is -0.756 e. The van der Waals surface area contributed by atoms with Crippen LogP contribution >= 0.6 is 7.82 Å². The Morgan fingerprint density at radius 2 is 0.711 bits per heavy atom. The summed E-state index contributed by atoms with van der Waals surface area (Å²) in [4.78, 5) is 37.8. The maximum Gasteiger partial charge on any atom is 0.306 e. The van der Waals surface area contributed by atoms with Gasteiger partial charge in [0.1, 0.15) is 19.8 Å². The van der Waals surface area contributed by atoms with E-state index in [1.807, 2.05) is 21.1 Å². The number of allylic oxidation sites excluding steroid dienone is 28. The molecule has 0 aliphatic carbocycles. The first-order chi connectivity index (χ1) is 37.0. The molecule has 0 heterocycles. The molecule has 0 amide bonds.